The smallest absolute Gasteiger partial charge is 0.0541 e. The second kappa shape index (κ2) is 13.2. The highest BCUT2D eigenvalue weighted by atomic mass is 15.2. The van der Waals surface area contributed by atoms with E-state index in [4.69, 9.17) is 0 Å². The SMILES string of the molecule is c1ccc(-c2ccc(N(c3ccc(N(c4ccccc4)c4ccccc4)cc3)c3ccc(-n4c5ccccc5c5ccccc54)cc3)cc2)cc1. The zero-order valence-corrected chi connectivity index (χ0v) is 28.0. The maximum Gasteiger partial charge on any atom is 0.0541 e. The molecule has 3 heteroatoms. The van der Waals surface area contributed by atoms with Crippen LogP contribution >= 0.6 is 0 Å². The Morgan fingerprint density at radius 2 is 0.569 bits per heavy atom. The Bertz CT molecular complexity index is 2450. The van der Waals surface area contributed by atoms with Gasteiger partial charge in [0.05, 0.1) is 11.0 Å². The van der Waals surface area contributed by atoms with Crippen LogP contribution < -0.4 is 9.80 Å². The molecule has 8 aromatic carbocycles. The molecule has 9 rings (SSSR count). The molecule has 0 fully saturated rings. The Morgan fingerprint density at radius 3 is 1.02 bits per heavy atom. The van der Waals surface area contributed by atoms with Crippen molar-refractivity contribution in [3.05, 3.63) is 212 Å². The molecule has 0 spiro atoms. The van der Waals surface area contributed by atoms with Crippen molar-refractivity contribution in [2.45, 2.75) is 0 Å². The molecule has 1 aromatic heterocycles. The van der Waals surface area contributed by atoms with Crippen molar-refractivity contribution < 1.29 is 0 Å². The van der Waals surface area contributed by atoms with Gasteiger partial charge in [-0.05, 0) is 108 Å². The first-order valence-electron chi connectivity index (χ1n) is 17.4. The molecule has 3 nitrogen and oxygen atoms in total. The van der Waals surface area contributed by atoms with Crippen LogP contribution in [0.1, 0.15) is 0 Å². The molecule has 1 heterocycles. The molecular weight excluding hydrogens is 619 g/mol. The number of fused-ring (bicyclic) bond motifs is 3. The van der Waals surface area contributed by atoms with Crippen LogP contribution in [-0.4, -0.2) is 4.57 Å². The standard InChI is InChI=1S/C48H35N3/c1-4-14-36(15-5-1)37-24-26-40(27-25-37)50(42-30-28-41(29-31-42)49(38-16-6-2-7-17-38)39-18-8-3-9-19-39)43-32-34-44(35-33-43)51-47-22-12-10-20-45(47)46-21-11-13-23-48(46)51/h1-35H. The van der Waals surface area contributed by atoms with Gasteiger partial charge in [-0.3, -0.25) is 0 Å². The van der Waals surface area contributed by atoms with Crippen molar-refractivity contribution >= 4 is 55.9 Å². The van der Waals surface area contributed by atoms with E-state index >= 15 is 0 Å². The molecule has 0 amide bonds. The van der Waals surface area contributed by atoms with E-state index in [1.54, 1.807) is 0 Å². The minimum atomic E-state index is 1.08. The lowest BCUT2D eigenvalue weighted by atomic mass is 10.0. The Labute approximate surface area is 298 Å². The fourth-order valence-corrected chi connectivity index (χ4v) is 7.18. The zero-order valence-electron chi connectivity index (χ0n) is 28.0. The quantitative estimate of drug-likeness (QED) is 0.162. The Hall–Kier alpha value is -6.84. The van der Waals surface area contributed by atoms with Crippen molar-refractivity contribution in [3.63, 3.8) is 0 Å². The lowest BCUT2D eigenvalue weighted by molar-refractivity contribution is 1.17. The average molecular weight is 654 g/mol. The molecule has 0 aliphatic rings. The van der Waals surface area contributed by atoms with Gasteiger partial charge in [0.15, 0.2) is 0 Å². The van der Waals surface area contributed by atoms with E-state index in [2.05, 4.69) is 227 Å². The molecule has 0 N–H and O–H groups in total. The van der Waals surface area contributed by atoms with Gasteiger partial charge in [-0.15, -0.1) is 0 Å². The largest absolute Gasteiger partial charge is 0.311 e. The summed E-state index contributed by atoms with van der Waals surface area (Å²) in [6.07, 6.45) is 0. The van der Waals surface area contributed by atoms with Gasteiger partial charge in [0.2, 0.25) is 0 Å². The summed E-state index contributed by atoms with van der Waals surface area (Å²) in [6.45, 7) is 0. The Morgan fingerprint density at radius 1 is 0.255 bits per heavy atom. The topological polar surface area (TPSA) is 11.4 Å². The highest BCUT2D eigenvalue weighted by molar-refractivity contribution is 6.09. The summed E-state index contributed by atoms with van der Waals surface area (Å²) in [5.74, 6) is 0. The summed E-state index contributed by atoms with van der Waals surface area (Å²) in [6, 6.07) is 75.6. The van der Waals surface area contributed by atoms with E-state index in [0.29, 0.717) is 0 Å². The molecule has 0 unspecified atom stereocenters. The minimum absolute atomic E-state index is 1.08. The molecule has 51 heavy (non-hydrogen) atoms. The fourth-order valence-electron chi connectivity index (χ4n) is 7.18. The van der Waals surface area contributed by atoms with E-state index in [1.807, 2.05) is 0 Å². The third-order valence-electron chi connectivity index (χ3n) is 9.57. The van der Waals surface area contributed by atoms with Crippen LogP contribution in [0.15, 0.2) is 212 Å². The van der Waals surface area contributed by atoms with E-state index in [1.165, 1.54) is 32.9 Å². The summed E-state index contributed by atoms with van der Waals surface area (Å²) in [7, 11) is 0. The van der Waals surface area contributed by atoms with Crippen LogP contribution in [0.4, 0.5) is 34.1 Å². The first kappa shape index (κ1) is 30.2. The van der Waals surface area contributed by atoms with Crippen LogP contribution in [0.2, 0.25) is 0 Å². The van der Waals surface area contributed by atoms with Crippen molar-refractivity contribution in [1.82, 2.24) is 4.57 Å². The van der Waals surface area contributed by atoms with Crippen molar-refractivity contribution in [1.29, 1.82) is 0 Å². The zero-order chi connectivity index (χ0) is 34.0. The molecule has 0 aliphatic heterocycles. The van der Waals surface area contributed by atoms with Gasteiger partial charge in [-0.1, -0.05) is 115 Å². The maximum atomic E-state index is 2.37. The van der Waals surface area contributed by atoms with Crippen LogP contribution in [0.3, 0.4) is 0 Å². The third kappa shape index (κ3) is 5.71. The van der Waals surface area contributed by atoms with Crippen molar-refractivity contribution in [3.8, 4) is 16.8 Å². The molecule has 0 saturated heterocycles. The minimum Gasteiger partial charge on any atom is -0.311 e. The normalized spacial score (nSPS) is 11.1. The summed E-state index contributed by atoms with van der Waals surface area (Å²) < 4.78 is 2.37. The highest BCUT2D eigenvalue weighted by Gasteiger charge is 2.17. The number of aromatic nitrogens is 1. The van der Waals surface area contributed by atoms with E-state index < -0.39 is 0 Å². The van der Waals surface area contributed by atoms with Gasteiger partial charge >= 0.3 is 0 Å². The number of hydrogen-bond donors (Lipinski definition) is 0. The van der Waals surface area contributed by atoms with Gasteiger partial charge in [0, 0.05) is 50.6 Å². The number of nitrogens with zero attached hydrogens (tertiary/aromatic N) is 3. The maximum absolute atomic E-state index is 2.37. The third-order valence-corrected chi connectivity index (χ3v) is 9.57. The number of hydrogen-bond acceptors (Lipinski definition) is 2. The first-order valence-corrected chi connectivity index (χ1v) is 17.4. The molecule has 0 radical (unpaired) electrons. The lowest BCUT2D eigenvalue weighted by Gasteiger charge is -2.28. The second-order valence-electron chi connectivity index (χ2n) is 12.7. The van der Waals surface area contributed by atoms with Gasteiger partial charge in [-0.25, -0.2) is 0 Å². The Kier molecular flexibility index (Phi) is 7.84. The highest BCUT2D eigenvalue weighted by Crippen LogP contribution is 2.40. The molecule has 9 aromatic rings. The molecule has 0 bridgehead atoms. The number of anilines is 6. The van der Waals surface area contributed by atoms with Gasteiger partial charge in [-0.2, -0.15) is 0 Å². The molecular formula is C48H35N3. The Balaban J connectivity index is 1.13. The van der Waals surface area contributed by atoms with Crippen molar-refractivity contribution in [2.24, 2.45) is 0 Å². The summed E-state index contributed by atoms with van der Waals surface area (Å²) >= 11 is 0. The number of benzene rings is 8. The number of para-hydroxylation sites is 4. The van der Waals surface area contributed by atoms with Crippen LogP contribution in [-0.2, 0) is 0 Å². The van der Waals surface area contributed by atoms with Gasteiger partial charge in [0.1, 0.15) is 0 Å². The fraction of sp³-hybridized carbons (Fsp3) is 0. The predicted molar refractivity (Wildman–Crippen MR) is 216 cm³/mol. The van der Waals surface area contributed by atoms with Crippen LogP contribution in [0.5, 0.6) is 0 Å². The average Bonchev–Trinajstić information content (AvgIpc) is 3.55. The number of rotatable bonds is 8. The molecule has 0 aliphatic carbocycles. The van der Waals surface area contributed by atoms with E-state index in [0.717, 1.165) is 39.8 Å². The van der Waals surface area contributed by atoms with Crippen molar-refractivity contribution in [2.75, 3.05) is 9.80 Å². The molecule has 0 saturated carbocycles. The lowest BCUT2D eigenvalue weighted by Crippen LogP contribution is -2.12. The molecule has 0 atom stereocenters. The van der Waals surface area contributed by atoms with Gasteiger partial charge < -0.3 is 14.4 Å². The second-order valence-corrected chi connectivity index (χ2v) is 12.7. The first-order chi connectivity index (χ1) is 25.3. The van der Waals surface area contributed by atoms with E-state index in [9.17, 15) is 0 Å². The van der Waals surface area contributed by atoms with Crippen LogP contribution in [0, 0.1) is 0 Å². The van der Waals surface area contributed by atoms with E-state index in [-0.39, 0.29) is 0 Å². The predicted octanol–water partition coefficient (Wildman–Crippen LogP) is 13.4. The summed E-state index contributed by atoms with van der Waals surface area (Å²) in [5.41, 5.74) is 12.5. The summed E-state index contributed by atoms with van der Waals surface area (Å²) in [5, 5.41) is 2.52. The summed E-state index contributed by atoms with van der Waals surface area (Å²) in [4.78, 5) is 4.63. The van der Waals surface area contributed by atoms with Gasteiger partial charge in [0.25, 0.3) is 0 Å². The monoisotopic (exact) mass is 653 g/mol. The van der Waals surface area contributed by atoms with Crippen LogP contribution in [0.25, 0.3) is 38.6 Å². The molecule has 242 valence electrons.